The Morgan fingerprint density at radius 1 is 1.17 bits per heavy atom. The number of amides is 1. The maximum absolute atomic E-state index is 12.4. The van der Waals surface area contributed by atoms with E-state index >= 15 is 0 Å². The highest BCUT2D eigenvalue weighted by Gasteiger charge is 2.17. The second-order valence-electron chi connectivity index (χ2n) is 4.94. The lowest BCUT2D eigenvalue weighted by Gasteiger charge is -2.05. The number of rotatable bonds is 4. The average Bonchev–Trinajstić information content (AvgIpc) is 2.99. The summed E-state index contributed by atoms with van der Waals surface area (Å²) in [6.45, 7) is 1.80. The molecule has 0 spiro atoms. The van der Waals surface area contributed by atoms with Gasteiger partial charge in [0, 0.05) is 10.6 Å². The Balaban J connectivity index is 1.79. The highest BCUT2D eigenvalue weighted by Crippen LogP contribution is 2.20. The molecule has 0 saturated carbocycles. The lowest BCUT2D eigenvalue weighted by molar-refractivity contribution is 0.102. The van der Waals surface area contributed by atoms with Crippen LogP contribution in [0.1, 0.15) is 16.2 Å². The van der Waals surface area contributed by atoms with Crippen molar-refractivity contribution in [2.45, 2.75) is 11.8 Å². The van der Waals surface area contributed by atoms with Crippen molar-refractivity contribution in [3.63, 3.8) is 0 Å². The van der Waals surface area contributed by atoms with Crippen LogP contribution in [0.4, 0.5) is 5.69 Å². The highest BCUT2D eigenvalue weighted by molar-refractivity contribution is 8.03. The number of carbonyl (C=O) groups excluding carboxylic acids is 1. The van der Waals surface area contributed by atoms with Crippen LogP contribution >= 0.6 is 11.8 Å². The largest absolute Gasteiger partial charge is 0.321 e. The van der Waals surface area contributed by atoms with E-state index in [1.807, 2.05) is 35.7 Å². The molecule has 1 heterocycles. The van der Waals surface area contributed by atoms with Gasteiger partial charge in [-0.3, -0.25) is 4.79 Å². The van der Waals surface area contributed by atoms with Crippen molar-refractivity contribution < 1.29 is 4.79 Å². The average molecular weight is 335 g/mol. The monoisotopic (exact) mass is 335 g/mol. The molecule has 3 rings (SSSR count). The molecule has 0 saturated heterocycles. The Morgan fingerprint density at radius 2 is 1.88 bits per heavy atom. The summed E-state index contributed by atoms with van der Waals surface area (Å²) in [7, 11) is 0. The van der Waals surface area contributed by atoms with Crippen LogP contribution in [-0.2, 0) is 0 Å². The topological polar surface area (TPSA) is 83.6 Å². The molecule has 1 N–H and O–H groups in total. The number of benzene rings is 2. The molecule has 6 nitrogen and oxygen atoms in total. The summed E-state index contributed by atoms with van der Waals surface area (Å²) < 4.78 is 1.63. The van der Waals surface area contributed by atoms with Crippen molar-refractivity contribution in [1.82, 2.24) is 15.0 Å². The van der Waals surface area contributed by atoms with Crippen LogP contribution in [0.15, 0.2) is 59.5 Å². The number of nitrogens with one attached hydrogen (secondary N) is 1. The summed E-state index contributed by atoms with van der Waals surface area (Å²) in [5.41, 5.74) is 2.42. The maximum atomic E-state index is 12.4. The second-order valence-corrected chi connectivity index (χ2v) is 5.80. The summed E-state index contributed by atoms with van der Waals surface area (Å²) in [5, 5.41) is 21.5. The van der Waals surface area contributed by atoms with E-state index in [4.69, 9.17) is 5.26 Å². The summed E-state index contributed by atoms with van der Waals surface area (Å²) >= 11 is 1.07. The minimum atomic E-state index is -0.324. The van der Waals surface area contributed by atoms with Gasteiger partial charge in [0.05, 0.1) is 11.4 Å². The molecular formula is C17H13N5OS. The first-order valence-electron chi connectivity index (χ1n) is 7.14. The number of thioether (sulfide) groups is 1. The van der Waals surface area contributed by atoms with Crippen molar-refractivity contribution in [3.05, 3.63) is 66.0 Å². The molecule has 2 aromatic carbocycles. The molecule has 0 aliphatic carbocycles. The zero-order valence-corrected chi connectivity index (χ0v) is 13.6. The van der Waals surface area contributed by atoms with Gasteiger partial charge < -0.3 is 5.32 Å². The molecule has 118 valence electrons. The van der Waals surface area contributed by atoms with Gasteiger partial charge in [-0.2, -0.15) is 5.26 Å². The van der Waals surface area contributed by atoms with Gasteiger partial charge in [-0.25, -0.2) is 4.68 Å². The number of nitrogens with zero attached hydrogens (tertiary/aromatic N) is 4. The summed E-state index contributed by atoms with van der Waals surface area (Å²) in [5.74, 6) is -0.324. The third-order valence-electron chi connectivity index (χ3n) is 3.39. The van der Waals surface area contributed by atoms with Crippen molar-refractivity contribution >= 4 is 23.4 Å². The summed E-state index contributed by atoms with van der Waals surface area (Å²) in [6, 6.07) is 16.5. The molecule has 3 aromatic rings. The molecule has 0 radical (unpaired) electrons. The van der Waals surface area contributed by atoms with E-state index in [2.05, 4.69) is 15.6 Å². The van der Waals surface area contributed by atoms with E-state index in [0.717, 1.165) is 22.3 Å². The number of nitriles is 1. The van der Waals surface area contributed by atoms with E-state index in [9.17, 15) is 4.79 Å². The molecule has 1 aromatic heterocycles. The van der Waals surface area contributed by atoms with Crippen molar-refractivity contribution in [3.8, 4) is 11.1 Å². The van der Waals surface area contributed by atoms with Crippen LogP contribution in [0.5, 0.6) is 0 Å². The molecule has 24 heavy (non-hydrogen) atoms. The number of hydrogen-bond acceptors (Lipinski definition) is 5. The predicted octanol–water partition coefficient (Wildman–Crippen LogP) is 3.40. The van der Waals surface area contributed by atoms with E-state index < -0.39 is 0 Å². The smallest absolute Gasteiger partial charge is 0.278 e. The van der Waals surface area contributed by atoms with Crippen LogP contribution in [0.2, 0.25) is 0 Å². The lowest BCUT2D eigenvalue weighted by Crippen LogP contribution is -2.14. The molecule has 0 aliphatic heterocycles. The molecule has 0 aliphatic rings. The molecule has 7 heteroatoms. The molecule has 1 amide bonds. The standard InChI is InChI=1S/C17H13N5OS/c1-12-16(20-21-22(12)14-5-3-2-4-6-14)17(23)19-13-7-9-15(10-8-13)24-11-18/h2-10H,1H3,(H,19,23). The van der Waals surface area contributed by atoms with Crippen LogP contribution in [0.3, 0.4) is 0 Å². The molecule has 0 fully saturated rings. The number of hydrogen-bond donors (Lipinski definition) is 1. The SMILES string of the molecule is Cc1c(C(=O)Nc2ccc(SC#N)cc2)nnn1-c1ccccc1. The van der Waals surface area contributed by atoms with E-state index in [-0.39, 0.29) is 11.6 Å². The normalized spacial score (nSPS) is 10.2. The number of aromatic nitrogens is 3. The van der Waals surface area contributed by atoms with Gasteiger partial charge in [-0.15, -0.1) is 5.10 Å². The summed E-state index contributed by atoms with van der Waals surface area (Å²) in [6.07, 6.45) is 0. The first-order chi connectivity index (χ1) is 11.7. The third kappa shape index (κ3) is 3.29. The van der Waals surface area contributed by atoms with Crippen molar-refractivity contribution in [2.24, 2.45) is 0 Å². The predicted molar refractivity (Wildman–Crippen MR) is 92.0 cm³/mol. The van der Waals surface area contributed by atoms with Gasteiger partial charge >= 0.3 is 0 Å². The lowest BCUT2D eigenvalue weighted by atomic mass is 10.2. The van der Waals surface area contributed by atoms with Gasteiger partial charge in [0.15, 0.2) is 5.69 Å². The van der Waals surface area contributed by atoms with E-state index in [1.54, 1.807) is 35.9 Å². The number of thiocyanates is 1. The van der Waals surface area contributed by atoms with Gasteiger partial charge in [0.2, 0.25) is 0 Å². The minimum absolute atomic E-state index is 0.273. The minimum Gasteiger partial charge on any atom is -0.321 e. The van der Waals surface area contributed by atoms with Crippen LogP contribution in [-0.4, -0.2) is 20.9 Å². The van der Waals surface area contributed by atoms with E-state index in [0.29, 0.717) is 11.4 Å². The fourth-order valence-electron chi connectivity index (χ4n) is 2.20. The Kier molecular flexibility index (Phi) is 4.59. The molecular weight excluding hydrogens is 322 g/mol. The van der Waals surface area contributed by atoms with Gasteiger partial charge in [-0.1, -0.05) is 23.4 Å². The van der Waals surface area contributed by atoms with Crippen LogP contribution < -0.4 is 5.32 Å². The quantitative estimate of drug-likeness (QED) is 0.583. The Hall–Kier alpha value is -3.11. The first kappa shape index (κ1) is 15.8. The zero-order chi connectivity index (χ0) is 16.9. The van der Waals surface area contributed by atoms with Crippen LogP contribution in [0.25, 0.3) is 5.69 Å². The third-order valence-corrected chi connectivity index (χ3v) is 3.99. The highest BCUT2D eigenvalue weighted by atomic mass is 32.2. The van der Waals surface area contributed by atoms with Gasteiger partial charge in [0.25, 0.3) is 5.91 Å². The number of anilines is 1. The summed E-state index contributed by atoms with van der Waals surface area (Å²) in [4.78, 5) is 13.2. The fourth-order valence-corrected chi connectivity index (χ4v) is 2.58. The molecule has 0 atom stereocenters. The Labute approximate surface area is 143 Å². The maximum Gasteiger partial charge on any atom is 0.278 e. The van der Waals surface area contributed by atoms with E-state index in [1.165, 1.54) is 0 Å². The second kappa shape index (κ2) is 6.98. The van der Waals surface area contributed by atoms with Gasteiger partial charge in [0.1, 0.15) is 5.40 Å². The van der Waals surface area contributed by atoms with Crippen molar-refractivity contribution in [2.75, 3.05) is 5.32 Å². The van der Waals surface area contributed by atoms with Crippen molar-refractivity contribution in [1.29, 1.82) is 5.26 Å². The Morgan fingerprint density at radius 3 is 2.54 bits per heavy atom. The number of para-hydroxylation sites is 1. The zero-order valence-electron chi connectivity index (χ0n) is 12.8. The molecule has 0 bridgehead atoms. The number of carbonyl (C=O) groups is 1. The first-order valence-corrected chi connectivity index (χ1v) is 7.96. The Bertz CT molecular complexity index is 897. The molecule has 0 unspecified atom stereocenters. The fraction of sp³-hybridized carbons (Fsp3) is 0.0588. The van der Waals surface area contributed by atoms with Gasteiger partial charge in [-0.05, 0) is 55.1 Å². The van der Waals surface area contributed by atoms with Crippen LogP contribution in [0, 0.1) is 17.6 Å².